The first kappa shape index (κ1) is 21.8. The summed E-state index contributed by atoms with van der Waals surface area (Å²) in [5.74, 6) is 0.652. The molecular formula is C37H23NO. The summed E-state index contributed by atoms with van der Waals surface area (Å²) in [6.07, 6.45) is 0. The van der Waals surface area contributed by atoms with Crippen molar-refractivity contribution in [2.24, 2.45) is 0 Å². The lowest BCUT2D eigenvalue weighted by Gasteiger charge is -2.18. The number of benzene rings is 7. The Kier molecular flexibility index (Phi) is 4.86. The molecule has 0 radical (unpaired) electrons. The summed E-state index contributed by atoms with van der Waals surface area (Å²) in [4.78, 5) is 4.91. The third kappa shape index (κ3) is 3.39. The van der Waals surface area contributed by atoms with E-state index in [-0.39, 0.29) is 0 Å². The third-order valence-corrected chi connectivity index (χ3v) is 7.72. The Morgan fingerprint density at radius 3 is 1.51 bits per heavy atom. The quantitative estimate of drug-likeness (QED) is 0.227. The first-order valence-corrected chi connectivity index (χ1v) is 13.2. The second-order valence-electron chi connectivity index (χ2n) is 9.90. The Labute approximate surface area is 225 Å². The van der Waals surface area contributed by atoms with Crippen LogP contribution in [-0.2, 0) is 0 Å². The van der Waals surface area contributed by atoms with Crippen LogP contribution in [-0.4, -0.2) is 4.98 Å². The van der Waals surface area contributed by atoms with Gasteiger partial charge >= 0.3 is 0 Å². The van der Waals surface area contributed by atoms with Gasteiger partial charge in [-0.3, -0.25) is 0 Å². The molecule has 2 heteroatoms. The zero-order valence-electron chi connectivity index (χ0n) is 21.1. The fraction of sp³-hybridized carbons (Fsp3) is 0. The van der Waals surface area contributed by atoms with Crippen LogP contribution < -0.4 is 0 Å². The zero-order valence-corrected chi connectivity index (χ0v) is 21.1. The molecule has 0 aliphatic heterocycles. The molecule has 0 aliphatic rings. The minimum atomic E-state index is 0.652. The number of hydrogen-bond donors (Lipinski definition) is 0. The maximum Gasteiger partial charge on any atom is 0.228 e. The van der Waals surface area contributed by atoms with E-state index >= 15 is 0 Å². The van der Waals surface area contributed by atoms with Gasteiger partial charge in [0.25, 0.3) is 0 Å². The molecule has 0 spiro atoms. The van der Waals surface area contributed by atoms with E-state index in [0.717, 1.165) is 27.4 Å². The van der Waals surface area contributed by atoms with Crippen molar-refractivity contribution >= 4 is 43.4 Å². The SMILES string of the molecule is c1ccc(-c2ccc(-c3c4ccccc4c(-c4nc5ccccc5o4)c4ccccc34)c3ccccc23)cc1. The second kappa shape index (κ2) is 8.68. The molecule has 182 valence electrons. The zero-order chi connectivity index (χ0) is 25.8. The largest absolute Gasteiger partial charge is 0.436 e. The Morgan fingerprint density at radius 2 is 0.872 bits per heavy atom. The molecule has 8 aromatic rings. The summed E-state index contributed by atoms with van der Waals surface area (Å²) in [6.45, 7) is 0. The minimum Gasteiger partial charge on any atom is -0.436 e. The Bertz CT molecular complexity index is 2080. The minimum absolute atomic E-state index is 0.652. The van der Waals surface area contributed by atoms with Crippen molar-refractivity contribution in [3.8, 4) is 33.7 Å². The van der Waals surface area contributed by atoms with Gasteiger partial charge in [0.05, 0.1) is 5.56 Å². The van der Waals surface area contributed by atoms with Crippen molar-refractivity contribution in [3.63, 3.8) is 0 Å². The van der Waals surface area contributed by atoms with Crippen LogP contribution in [0.4, 0.5) is 0 Å². The summed E-state index contributed by atoms with van der Waals surface area (Å²) in [5, 5.41) is 7.13. The maximum absolute atomic E-state index is 6.34. The molecule has 0 aliphatic carbocycles. The van der Waals surface area contributed by atoms with Crippen LogP contribution in [0, 0.1) is 0 Å². The number of oxazole rings is 1. The predicted octanol–water partition coefficient (Wildman–Crippen LogP) is 10.3. The van der Waals surface area contributed by atoms with Crippen molar-refractivity contribution in [1.82, 2.24) is 4.98 Å². The first-order chi connectivity index (χ1) is 19.4. The van der Waals surface area contributed by atoms with Crippen LogP contribution in [0.5, 0.6) is 0 Å². The van der Waals surface area contributed by atoms with E-state index in [1.165, 1.54) is 43.8 Å². The number of fused-ring (bicyclic) bond motifs is 4. The van der Waals surface area contributed by atoms with Crippen molar-refractivity contribution in [3.05, 3.63) is 140 Å². The lowest BCUT2D eigenvalue weighted by molar-refractivity contribution is 0.621. The normalized spacial score (nSPS) is 11.6. The van der Waals surface area contributed by atoms with Crippen LogP contribution in [0.1, 0.15) is 0 Å². The molecule has 8 rings (SSSR count). The molecule has 7 aromatic carbocycles. The van der Waals surface area contributed by atoms with E-state index in [4.69, 9.17) is 9.40 Å². The van der Waals surface area contributed by atoms with Gasteiger partial charge in [0, 0.05) is 0 Å². The molecule has 0 amide bonds. The van der Waals surface area contributed by atoms with Crippen molar-refractivity contribution in [2.75, 3.05) is 0 Å². The van der Waals surface area contributed by atoms with Crippen LogP contribution in [0.15, 0.2) is 144 Å². The number of para-hydroxylation sites is 2. The van der Waals surface area contributed by atoms with E-state index in [1.54, 1.807) is 0 Å². The van der Waals surface area contributed by atoms with Gasteiger partial charge in [-0.2, -0.15) is 0 Å². The van der Waals surface area contributed by atoms with Crippen molar-refractivity contribution in [2.45, 2.75) is 0 Å². The fourth-order valence-electron chi connectivity index (χ4n) is 6.01. The highest BCUT2D eigenvalue weighted by molar-refractivity contribution is 6.23. The highest BCUT2D eigenvalue weighted by Crippen LogP contribution is 2.46. The Balaban J connectivity index is 1.49. The molecule has 1 heterocycles. The number of rotatable bonds is 3. The Morgan fingerprint density at radius 1 is 0.385 bits per heavy atom. The standard InChI is InChI=1S/C37H23NO/c1-2-12-24(13-3-1)25-22-23-32(27-15-5-4-14-26(25)27)35-28-16-6-8-18-30(28)36(31-19-9-7-17-29(31)35)37-38-33-20-10-11-21-34(33)39-37/h1-23H. The van der Waals surface area contributed by atoms with Crippen LogP contribution in [0.25, 0.3) is 77.1 Å². The molecule has 0 N–H and O–H groups in total. The number of aromatic nitrogens is 1. The van der Waals surface area contributed by atoms with Gasteiger partial charge in [-0.15, -0.1) is 0 Å². The van der Waals surface area contributed by atoms with Gasteiger partial charge in [0.15, 0.2) is 5.58 Å². The van der Waals surface area contributed by atoms with Crippen LogP contribution in [0.2, 0.25) is 0 Å². The average Bonchev–Trinajstić information content (AvgIpc) is 3.44. The first-order valence-electron chi connectivity index (χ1n) is 13.2. The van der Waals surface area contributed by atoms with Gasteiger partial charge < -0.3 is 4.42 Å². The molecule has 0 saturated carbocycles. The molecule has 39 heavy (non-hydrogen) atoms. The molecular weight excluding hydrogens is 474 g/mol. The highest BCUT2D eigenvalue weighted by atomic mass is 16.3. The van der Waals surface area contributed by atoms with Crippen LogP contribution >= 0.6 is 0 Å². The fourth-order valence-corrected chi connectivity index (χ4v) is 6.01. The maximum atomic E-state index is 6.34. The van der Waals surface area contributed by atoms with Crippen LogP contribution in [0.3, 0.4) is 0 Å². The smallest absolute Gasteiger partial charge is 0.228 e. The van der Waals surface area contributed by atoms with Gasteiger partial charge in [-0.05, 0) is 66.7 Å². The molecule has 0 atom stereocenters. The molecule has 1 aromatic heterocycles. The summed E-state index contributed by atoms with van der Waals surface area (Å²) in [5.41, 5.74) is 7.62. The van der Waals surface area contributed by atoms with Crippen molar-refractivity contribution < 1.29 is 4.42 Å². The lowest BCUT2D eigenvalue weighted by Crippen LogP contribution is -1.92. The van der Waals surface area contributed by atoms with Gasteiger partial charge in [0.2, 0.25) is 5.89 Å². The van der Waals surface area contributed by atoms with E-state index in [2.05, 4.69) is 115 Å². The third-order valence-electron chi connectivity index (χ3n) is 7.72. The van der Waals surface area contributed by atoms with Gasteiger partial charge in [-0.25, -0.2) is 4.98 Å². The number of hydrogen-bond acceptors (Lipinski definition) is 2. The predicted molar refractivity (Wildman–Crippen MR) is 163 cm³/mol. The van der Waals surface area contributed by atoms with Gasteiger partial charge in [0.1, 0.15) is 5.52 Å². The molecule has 2 nitrogen and oxygen atoms in total. The molecule has 0 unspecified atom stereocenters. The lowest BCUT2D eigenvalue weighted by atomic mass is 9.85. The van der Waals surface area contributed by atoms with Gasteiger partial charge in [-0.1, -0.05) is 127 Å². The second-order valence-corrected chi connectivity index (χ2v) is 9.90. The molecule has 0 fully saturated rings. The topological polar surface area (TPSA) is 26.0 Å². The monoisotopic (exact) mass is 497 g/mol. The van der Waals surface area contributed by atoms with Crippen molar-refractivity contribution in [1.29, 1.82) is 0 Å². The van der Waals surface area contributed by atoms with E-state index in [9.17, 15) is 0 Å². The number of nitrogens with zero attached hydrogens (tertiary/aromatic N) is 1. The molecule has 0 bridgehead atoms. The van der Waals surface area contributed by atoms with E-state index in [0.29, 0.717) is 5.89 Å². The van der Waals surface area contributed by atoms with E-state index in [1.807, 2.05) is 24.3 Å². The molecule has 0 saturated heterocycles. The summed E-state index contributed by atoms with van der Waals surface area (Å²) >= 11 is 0. The summed E-state index contributed by atoms with van der Waals surface area (Å²) in [7, 11) is 0. The summed E-state index contributed by atoms with van der Waals surface area (Å²) in [6, 6.07) is 49.2. The highest BCUT2D eigenvalue weighted by Gasteiger charge is 2.21. The van der Waals surface area contributed by atoms with E-state index < -0.39 is 0 Å². The Hall–Kier alpha value is -5.21. The average molecular weight is 498 g/mol. The summed E-state index contributed by atoms with van der Waals surface area (Å²) < 4.78 is 6.34.